The molecule has 0 atom stereocenters. The van der Waals surface area contributed by atoms with Gasteiger partial charge in [0, 0.05) is 5.39 Å². The summed E-state index contributed by atoms with van der Waals surface area (Å²) < 4.78 is 9.52. The number of methoxy groups -OCH3 is 1. The van der Waals surface area contributed by atoms with Crippen molar-refractivity contribution in [3.8, 4) is 5.95 Å². The van der Waals surface area contributed by atoms with Gasteiger partial charge in [-0.15, -0.1) is 0 Å². The van der Waals surface area contributed by atoms with Crippen molar-refractivity contribution in [2.75, 3.05) is 7.11 Å². The average molecular weight is 220 g/mol. The van der Waals surface area contributed by atoms with Crippen molar-refractivity contribution in [1.29, 1.82) is 0 Å². The minimum Gasteiger partial charge on any atom is -0.477 e. The molecule has 0 unspecified atom stereocenters. The first kappa shape index (κ1) is 10.2. The van der Waals surface area contributed by atoms with Crippen molar-refractivity contribution in [2.45, 2.75) is 0 Å². The number of carboxylic acid groups (broad SMARTS) is 1. The first-order valence-corrected chi connectivity index (χ1v) is 4.48. The predicted octanol–water partition coefficient (Wildman–Crippen LogP) is 1.50. The van der Waals surface area contributed by atoms with Crippen molar-refractivity contribution in [2.24, 2.45) is 0 Å². The summed E-state index contributed by atoms with van der Waals surface area (Å²) in [7, 11) is 1.25. The number of ether oxygens (including phenoxy) is 1. The van der Waals surface area contributed by atoms with Crippen molar-refractivity contribution < 1.29 is 19.1 Å². The van der Waals surface area contributed by atoms with E-state index in [9.17, 15) is 9.59 Å². The molecule has 0 aliphatic heterocycles. The summed E-state index contributed by atoms with van der Waals surface area (Å²) in [6.45, 7) is 0. The zero-order chi connectivity index (χ0) is 11.7. The van der Waals surface area contributed by atoms with Gasteiger partial charge in [-0.05, 0) is 6.07 Å². The molecule has 0 saturated carbocycles. The SMILES string of the molecule is COc1oc(=O)c2ccccc2c1C(=O)O. The van der Waals surface area contributed by atoms with Gasteiger partial charge in [-0.2, -0.15) is 0 Å². The van der Waals surface area contributed by atoms with E-state index < -0.39 is 11.6 Å². The van der Waals surface area contributed by atoms with Crippen LogP contribution in [0.5, 0.6) is 5.95 Å². The standard InChI is InChI=1S/C11H8O5/c1-15-11-8(9(12)13)6-4-2-3-5-7(6)10(14)16-11/h2-5H,1H3,(H,12,13). The fourth-order valence-electron chi connectivity index (χ4n) is 1.53. The molecule has 1 heterocycles. The average Bonchev–Trinajstić information content (AvgIpc) is 2.28. The van der Waals surface area contributed by atoms with E-state index in [1.54, 1.807) is 12.1 Å². The van der Waals surface area contributed by atoms with Gasteiger partial charge < -0.3 is 14.3 Å². The molecule has 1 N–H and O–H groups in total. The summed E-state index contributed by atoms with van der Waals surface area (Å²) >= 11 is 0. The van der Waals surface area contributed by atoms with Crippen molar-refractivity contribution in [3.63, 3.8) is 0 Å². The normalized spacial score (nSPS) is 10.3. The molecule has 0 aliphatic carbocycles. The van der Waals surface area contributed by atoms with Crippen LogP contribution in [0.25, 0.3) is 10.8 Å². The molecule has 0 saturated heterocycles. The highest BCUT2D eigenvalue weighted by Crippen LogP contribution is 2.24. The van der Waals surface area contributed by atoms with E-state index in [4.69, 9.17) is 14.3 Å². The lowest BCUT2D eigenvalue weighted by atomic mass is 10.1. The predicted molar refractivity (Wildman–Crippen MR) is 56.0 cm³/mol. The van der Waals surface area contributed by atoms with E-state index in [0.29, 0.717) is 5.39 Å². The van der Waals surface area contributed by atoms with E-state index in [1.807, 2.05) is 0 Å². The molecule has 0 aliphatic rings. The topological polar surface area (TPSA) is 76.7 Å². The number of hydrogen-bond acceptors (Lipinski definition) is 4. The molecule has 2 aromatic rings. The third-order valence-electron chi connectivity index (χ3n) is 2.21. The Bertz CT molecular complexity index is 611. The number of rotatable bonds is 2. The smallest absolute Gasteiger partial charge is 0.346 e. The van der Waals surface area contributed by atoms with Crippen LogP contribution in [0.4, 0.5) is 0 Å². The molecule has 82 valence electrons. The summed E-state index contributed by atoms with van der Waals surface area (Å²) in [5, 5.41) is 9.57. The van der Waals surface area contributed by atoms with Crippen LogP contribution in [0.1, 0.15) is 10.4 Å². The van der Waals surface area contributed by atoms with Gasteiger partial charge in [-0.1, -0.05) is 18.2 Å². The Balaban J connectivity index is 2.98. The number of carbonyl (C=O) groups is 1. The van der Waals surface area contributed by atoms with Gasteiger partial charge in [0.25, 0.3) is 0 Å². The fraction of sp³-hybridized carbons (Fsp3) is 0.0909. The van der Waals surface area contributed by atoms with E-state index in [2.05, 4.69) is 0 Å². The molecule has 0 fully saturated rings. The van der Waals surface area contributed by atoms with Crippen molar-refractivity contribution in [1.82, 2.24) is 0 Å². The van der Waals surface area contributed by atoms with Crippen LogP contribution in [0.3, 0.4) is 0 Å². The lowest BCUT2D eigenvalue weighted by molar-refractivity contribution is 0.0689. The van der Waals surface area contributed by atoms with E-state index in [-0.39, 0.29) is 16.9 Å². The summed E-state index contributed by atoms with van der Waals surface area (Å²) in [5.41, 5.74) is -0.754. The molecule has 1 aromatic heterocycles. The van der Waals surface area contributed by atoms with E-state index in [1.165, 1.54) is 19.2 Å². The molecule has 16 heavy (non-hydrogen) atoms. The minimum atomic E-state index is -1.20. The Morgan fingerprint density at radius 3 is 2.50 bits per heavy atom. The Kier molecular flexibility index (Phi) is 2.36. The quantitative estimate of drug-likeness (QED) is 0.829. The first-order valence-electron chi connectivity index (χ1n) is 4.48. The van der Waals surface area contributed by atoms with Gasteiger partial charge >= 0.3 is 17.5 Å². The molecule has 5 heteroatoms. The van der Waals surface area contributed by atoms with Crippen LogP contribution in [-0.2, 0) is 0 Å². The van der Waals surface area contributed by atoms with Gasteiger partial charge in [-0.25, -0.2) is 9.59 Å². The van der Waals surface area contributed by atoms with Gasteiger partial charge in [0.05, 0.1) is 12.5 Å². The molecular formula is C11H8O5. The highest BCUT2D eigenvalue weighted by molar-refractivity contribution is 6.04. The van der Waals surface area contributed by atoms with Gasteiger partial charge in [0.2, 0.25) is 0 Å². The lowest BCUT2D eigenvalue weighted by Gasteiger charge is -2.05. The second-order valence-electron chi connectivity index (χ2n) is 3.11. The number of fused-ring (bicyclic) bond motifs is 1. The molecule has 1 aromatic carbocycles. The maximum absolute atomic E-state index is 11.5. The van der Waals surface area contributed by atoms with Gasteiger partial charge in [0.1, 0.15) is 5.56 Å². The second-order valence-corrected chi connectivity index (χ2v) is 3.11. The third kappa shape index (κ3) is 1.42. The van der Waals surface area contributed by atoms with Crippen LogP contribution in [0.15, 0.2) is 33.5 Å². The van der Waals surface area contributed by atoms with E-state index >= 15 is 0 Å². The lowest BCUT2D eigenvalue weighted by Crippen LogP contribution is -2.08. The van der Waals surface area contributed by atoms with Crippen molar-refractivity contribution >= 4 is 16.7 Å². The minimum absolute atomic E-state index is 0.141. The van der Waals surface area contributed by atoms with Crippen LogP contribution in [0.2, 0.25) is 0 Å². The number of benzene rings is 1. The zero-order valence-electron chi connectivity index (χ0n) is 8.39. The molecular weight excluding hydrogens is 212 g/mol. The van der Waals surface area contributed by atoms with Gasteiger partial charge in [0.15, 0.2) is 0 Å². The molecule has 0 amide bonds. The van der Waals surface area contributed by atoms with Crippen LogP contribution < -0.4 is 10.4 Å². The molecule has 0 spiro atoms. The van der Waals surface area contributed by atoms with Crippen LogP contribution in [0, 0.1) is 0 Å². The Hall–Kier alpha value is -2.30. The third-order valence-corrected chi connectivity index (χ3v) is 2.21. The Morgan fingerprint density at radius 1 is 1.31 bits per heavy atom. The second kappa shape index (κ2) is 3.69. The van der Waals surface area contributed by atoms with Gasteiger partial charge in [-0.3, -0.25) is 0 Å². The Morgan fingerprint density at radius 2 is 1.94 bits per heavy atom. The maximum Gasteiger partial charge on any atom is 0.346 e. The number of carboxylic acids is 1. The molecule has 0 radical (unpaired) electrons. The van der Waals surface area contributed by atoms with Crippen LogP contribution >= 0.6 is 0 Å². The summed E-state index contributed by atoms with van der Waals surface area (Å²) in [6, 6.07) is 6.33. The summed E-state index contributed by atoms with van der Waals surface area (Å²) in [5.74, 6) is -1.48. The molecule has 2 rings (SSSR count). The largest absolute Gasteiger partial charge is 0.477 e. The molecule has 5 nitrogen and oxygen atoms in total. The number of aromatic carboxylic acids is 1. The number of hydrogen-bond donors (Lipinski definition) is 1. The first-order chi connectivity index (χ1) is 7.65. The monoisotopic (exact) mass is 220 g/mol. The maximum atomic E-state index is 11.5. The summed E-state index contributed by atoms with van der Waals surface area (Å²) in [4.78, 5) is 22.6. The highest BCUT2D eigenvalue weighted by atomic mass is 16.6. The van der Waals surface area contributed by atoms with Crippen molar-refractivity contribution in [3.05, 3.63) is 40.2 Å². The fourth-order valence-corrected chi connectivity index (χ4v) is 1.53. The zero-order valence-corrected chi connectivity index (χ0v) is 8.39. The highest BCUT2D eigenvalue weighted by Gasteiger charge is 2.19. The molecule has 0 bridgehead atoms. The van der Waals surface area contributed by atoms with E-state index in [0.717, 1.165) is 0 Å². The Labute approximate surface area is 89.9 Å². The van der Waals surface area contributed by atoms with Crippen LogP contribution in [-0.4, -0.2) is 18.2 Å². The summed E-state index contributed by atoms with van der Waals surface area (Å²) in [6.07, 6.45) is 0.